The van der Waals surface area contributed by atoms with Crippen molar-refractivity contribution in [3.05, 3.63) is 63.3 Å². The number of hydrogen-bond donors (Lipinski definition) is 0. The number of aryl methyl sites for hydroxylation is 1. The average molecular weight is 444 g/mol. The number of methoxy groups -OCH3 is 1. The van der Waals surface area contributed by atoms with Crippen LogP contribution in [0.3, 0.4) is 0 Å². The van der Waals surface area contributed by atoms with Gasteiger partial charge in [-0.05, 0) is 72.1 Å². The number of carbonyl (C=O) groups is 1. The lowest BCUT2D eigenvalue weighted by Crippen LogP contribution is -2.11. The van der Waals surface area contributed by atoms with E-state index in [0.717, 1.165) is 27.6 Å². The standard InChI is InChI=1S/C22H22BrNO4/c1-5-14(3)27-20-17(23)10-15(12-19(20)26-4)11-18-22(25)28-21(24-18)16-8-6-13(2)7-9-16/h6-12,14H,5H2,1-4H3/b18-11-. The molecule has 28 heavy (non-hydrogen) atoms. The Hall–Kier alpha value is -2.60. The number of carbonyl (C=O) groups excluding carboxylic acids is 1. The number of hydrogen-bond acceptors (Lipinski definition) is 5. The lowest BCUT2D eigenvalue weighted by atomic mass is 10.1. The molecule has 0 radical (unpaired) electrons. The molecule has 2 aromatic rings. The molecule has 2 aromatic carbocycles. The minimum atomic E-state index is -0.481. The minimum Gasteiger partial charge on any atom is -0.493 e. The van der Waals surface area contributed by atoms with Gasteiger partial charge in [0.05, 0.1) is 17.7 Å². The molecule has 1 atom stereocenters. The van der Waals surface area contributed by atoms with Gasteiger partial charge in [-0.15, -0.1) is 0 Å². The second kappa shape index (κ2) is 8.61. The number of cyclic esters (lactones) is 1. The molecule has 1 aliphatic heterocycles. The Labute approximate surface area is 173 Å². The Morgan fingerprint density at radius 1 is 1.25 bits per heavy atom. The van der Waals surface area contributed by atoms with Crippen molar-refractivity contribution in [1.29, 1.82) is 0 Å². The van der Waals surface area contributed by atoms with Crippen LogP contribution in [-0.2, 0) is 9.53 Å². The first-order valence-corrected chi connectivity index (χ1v) is 9.84. The Kier molecular flexibility index (Phi) is 6.19. The van der Waals surface area contributed by atoms with Gasteiger partial charge in [0.15, 0.2) is 17.2 Å². The molecule has 1 heterocycles. The molecule has 0 spiro atoms. The SMILES string of the molecule is CCC(C)Oc1c(Br)cc(/C=C2\N=C(c3ccc(C)cc3)OC2=O)cc1OC. The number of aliphatic imine (C=N–C) groups is 1. The molecule has 0 fully saturated rings. The number of nitrogens with zero attached hydrogens (tertiary/aromatic N) is 1. The Morgan fingerprint density at radius 3 is 2.61 bits per heavy atom. The summed E-state index contributed by atoms with van der Waals surface area (Å²) in [6.07, 6.45) is 2.61. The van der Waals surface area contributed by atoms with E-state index in [2.05, 4.69) is 27.8 Å². The van der Waals surface area contributed by atoms with Crippen LogP contribution < -0.4 is 9.47 Å². The van der Waals surface area contributed by atoms with E-state index in [-0.39, 0.29) is 11.8 Å². The van der Waals surface area contributed by atoms with Crippen molar-refractivity contribution in [2.24, 2.45) is 4.99 Å². The van der Waals surface area contributed by atoms with Gasteiger partial charge in [-0.1, -0.05) is 24.6 Å². The number of rotatable bonds is 6. The molecule has 0 N–H and O–H groups in total. The smallest absolute Gasteiger partial charge is 0.363 e. The Morgan fingerprint density at radius 2 is 1.96 bits per heavy atom. The predicted octanol–water partition coefficient (Wildman–Crippen LogP) is 5.29. The Balaban J connectivity index is 1.93. The van der Waals surface area contributed by atoms with Crippen LogP contribution >= 0.6 is 15.9 Å². The third-order valence-corrected chi connectivity index (χ3v) is 4.96. The maximum Gasteiger partial charge on any atom is 0.363 e. The highest BCUT2D eigenvalue weighted by Gasteiger charge is 2.24. The van der Waals surface area contributed by atoms with Gasteiger partial charge in [0.2, 0.25) is 5.90 Å². The predicted molar refractivity (Wildman–Crippen MR) is 113 cm³/mol. The third kappa shape index (κ3) is 4.44. The van der Waals surface area contributed by atoms with Crippen LogP contribution in [0, 0.1) is 6.92 Å². The summed E-state index contributed by atoms with van der Waals surface area (Å²) in [5.74, 6) is 1.04. The zero-order valence-corrected chi connectivity index (χ0v) is 17.9. The molecule has 0 aromatic heterocycles. The summed E-state index contributed by atoms with van der Waals surface area (Å²) < 4.78 is 17.5. The lowest BCUT2D eigenvalue weighted by Gasteiger charge is -2.17. The van der Waals surface area contributed by atoms with E-state index in [1.54, 1.807) is 13.2 Å². The summed E-state index contributed by atoms with van der Waals surface area (Å²) in [6, 6.07) is 11.3. The lowest BCUT2D eigenvalue weighted by molar-refractivity contribution is -0.129. The van der Waals surface area contributed by atoms with Crippen LogP contribution in [0.15, 0.2) is 51.6 Å². The number of halogens is 1. The molecule has 0 amide bonds. The molecule has 146 valence electrons. The van der Waals surface area contributed by atoms with E-state index < -0.39 is 5.97 Å². The molecule has 0 aliphatic carbocycles. The normalized spacial score (nSPS) is 16.0. The summed E-state index contributed by atoms with van der Waals surface area (Å²) >= 11 is 3.53. The Bertz CT molecular complexity index is 948. The fraction of sp³-hybridized carbons (Fsp3) is 0.273. The van der Waals surface area contributed by atoms with Gasteiger partial charge in [0.25, 0.3) is 0 Å². The van der Waals surface area contributed by atoms with E-state index >= 15 is 0 Å². The van der Waals surface area contributed by atoms with Gasteiger partial charge in [0.1, 0.15) is 0 Å². The largest absolute Gasteiger partial charge is 0.493 e. The third-order valence-electron chi connectivity index (χ3n) is 4.37. The van der Waals surface area contributed by atoms with Crippen molar-refractivity contribution in [2.75, 3.05) is 7.11 Å². The van der Waals surface area contributed by atoms with Crippen LogP contribution in [-0.4, -0.2) is 25.1 Å². The number of esters is 1. The fourth-order valence-electron chi connectivity index (χ4n) is 2.61. The minimum absolute atomic E-state index is 0.0564. The highest BCUT2D eigenvalue weighted by atomic mass is 79.9. The second-order valence-corrected chi connectivity index (χ2v) is 7.43. The molecule has 1 aliphatic rings. The van der Waals surface area contributed by atoms with Crippen LogP contribution in [0.2, 0.25) is 0 Å². The van der Waals surface area contributed by atoms with Gasteiger partial charge in [-0.3, -0.25) is 0 Å². The molecule has 0 saturated heterocycles. The van der Waals surface area contributed by atoms with E-state index in [1.807, 2.05) is 50.2 Å². The highest BCUT2D eigenvalue weighted by Crippen LogP contribution is 2.38. The van der Waals surface area contributed by atoms with Crippen molar-refractivity contribution in [3.63, 3.8) is 0 Å². The summed E-state index contributed by atoms with van der Waals surface area (Å²) in [7, 11) is 1.58. The van der Waals surface area contributed by atoms with E-state index in [0.29, 0.717) is 17.4 Å². The van der Waals surface area contributed by atoms with E-state index in [1.165, 1.54) is 0 Å². The monoisotopic (exact) mass is 443 g/mol. The van der Waals surface area contributed by atoms with Gasteiger partial charge in [0, 0.05) is 5.56 Å². The van der Waals surface area contributed by atoms with Crippen molar-refractivity contribution >= 4 is 33.9 Å². The van der Waals surface area contributed by atoms with Crippen molar-refractivity contribution in [1.82, 2.24) is 0 Å². The van der Waals surface area contributed by atoms with Crippen molar-refractivity contribution in [2.45, 2.75) is 33.3 Å². The van der Waals surface area contributed by atoms with Crippen LogP contribution in [0.5, 0.6) is 11.5 Å². The second-order valence-electron chi connectivity index (χ2n) is 6.57. The van der Waals surface area contributed by atoms with Crippen molar-refractivity contribution < 1.29 is 19.0 Å². The summed E-state index contributed by atoms with van der Waals surface area (Å²) in [5.41, 5.74) is 2.88. The van der Waals surface area contributed by atoms with E-state index in [9.17, 15) is 4.79 Å². The fourth-order valence-corrected chi connectivity index (χ4v) is 3.16. The molecule has 5 nitrogen and oxygen atoms in total. The summed E-state index contributed by atoms with van der Waals surface area (Å²) in [5, 5.41) is 0. The maximum atomic E-state index is 12.2. The number of benzene rings is 2. The number of ether oxygens (including phenoxy) is 3. The maximum absolute atomic E-state index is 12.2. The van der Waals surface area contributed by atoms with E-state index in [4.69, 9.17) is 14.2 Å². The van der Waals surface area contributed by atoms with Gasteiger partial charge >= 0.3 is 5.97 Å². The molecular formula is C22H22BrNO4. The first-order valence-electron chi connectivity index (χ1n) is 9.05. The molecule has 0 bridgehead atoms. The van der Waals surface area contributed by atoms with Crippen molar-refractivity contribution in [3.8, 4) is 11.5 Å². The molecular weight excluding hydrogens is 422 g/mol. The molecule has 1 unspecified atom stereocenters. The summed E-state index contributed by atoms with van der Waals surface area (Å²) in [4.78, 5) is 16.6. The topological polar surface area (TPSA) is 57.1 Å². The molecule has 6 heteroatoms. The highest BCUT2D eigenvalue weighted by molar-refractivity contribution is 9.10. The van der Waals surface area contributed by atoms with Crippen LogP contribution in [0.25, 0.3) is 6.08 Å². The van der Waals surface area contributed by atoms with Crippen LogP contribution in [0.4, 0.5) is 0 Å². The first kappa shape index (κ1) is 20.1. The quantitative estimate of drug-likeness (QED) is 0.449. The zero-order valence-electron chi connectivity index (χ0n) is 16.3. The van der Waals surface area contributed by atoms with Gasteiger partial charge < -0.3 is 14.2 Å². The zero-order chi connectivity index (χ0) is 20.3. The van der Waals surface area contributed by atoms with Gasteiger partial charge in [-0.25, -0.2) is 9.79 Å². The van der Waals surface area contributed by atoms with Crippen LogP contribution in [0.1, 0.15) is 37.0 Å². The van der Waals surface area contributed by atoms with Gasteiger partial charge in [-0.2, -0.15) is 0 Å². The molecule has 0 saturated carbocycles. The average Bonchev–Trinajstić information content (AvgIpc) is 3.04. The molecule has 3 rings (SSSR count). The summed E-state index contributed by atoms with van der Waals surface area (Å²) in [6.45, 7) is 6.05. The first-order chi connectivity index (χ1) is 13.4.